The number of rotatable bonds is 3. The van der Waals surface area contributed by atoms with Crippen LogP contribution in [0.1, 0.15) is 23.8 Å². The number of benzene rings is 1. The van der Waals surface area contributed by atoms with Crippen LogP contribution in [0, 0.1) is 11.7 Å². The van der Waals surface area contributed by atoms with Gasteiger partial charge in [0, 0.05) is 24.9 Å². The lowest BCUT2D eigenvalue weighted by Crippen LogP contribution is -2.86. The number of quaternary nitrogens is 1. The van der Waals surface area contributed by atoms with Gasteiger partial charge in [0.25, 0.3) is 0 Å². The molecule has 0 radical (unpaired) electrons. The largest absolute Gasteiger partial charge is 0.346 e. The fraction of sp³-hybridized carbons (Fsp3) is 0.533. The normalized spacial score (nSPS) is 24.4. The van der Waals surface area contributed by atoms with E-state index in [1.807, 2.05) is 11.0 Å². The lowest BCUT2D eigenvalue weighted by Gasteiger charge is -2.30. The van der Waals surface area contributed by atoms with Gasteiger partial charge in [0.2, 0.25) is 5.91 Å². The molecule has 2 saturated heterocycles. The number of nitrogens with zero attached hydrogens (tertiary/aromatic N) is 1. The Morgan fingerprint density at radius 2 is 2.05 bits per heavy atom. The standard InChI is InChI=1S/C15H19FN2OS/c16-13-4-2-1-3-12(13)15-18(14(19)10-20-15)9-11-5-7-17-8-6-11/h1-4,11,15,17H,5-10H2/p+1/t15-/m1/s1. The van der Waals surface area contributed by atoms with Gasteiger partial charge in [-0.1, -0.05) is 18.2 Å². The zero-order valence-electron chi connectivity index (χ0n) is 11.4. The summed E-state index contributed by atoms with van der Waals surface area (Å²) < 4.78 is 14.0. The molecule has 0 aromatic heterocycles. The van der Waals surface area contributed by atoms with Gasteiger partial charge in [-0.15, -0.1) is 11.8 Å². The van der Waals surface area contributed by atoms with Crippen molar-refractivity contribution in [3.8, 4) is 0 Å². The maximum atomic E-state index is 14.0. The minimum atomic E-state index is -0.207. The van der Waals surface area contributed by atoms with Crippen molar-refractivity contribution >= 4 is 17.7 Å². The van der Waals surface area contributed by atoms with E-state index in [1.54, 1.807) is 23.9 Å². The molecule has 2 heterocycles. The molecule has 2 aliphatic rings. The molecule has 2 N–H and O–H groups in total. The number of halogens is 1. The van der Waals surface area contributed by atoms with Gasteiger partial charge in [0.15, 0.2) is 0 Å². The molecule has 0 unspecified atom stereocenters. The first kappa shape index (κ1) is 13.9. The lowest BCUT2D eigenvalue weighted by atomic mass is 9.97. The van der Waals surface area contributed by atoms with Gasteiger partial charge in [-0.25, -0.2) is 4.39 Å². The van der Waals surface area contributed by atoms with Gasteiger partial charge in [0.05, 0.1) is 18.8 Å². The van der Waals surface area contributed by atoms with E-state index in [0.29, 0.717) is 17.2 Å². The number of hydrogen-bond donors (Lipinski definition) is 1. The van der Waals surface area contributed by atoms with E-state index in [2.05, 4.69) is 5.32 Å². The van der Waals surface area contributed by atoms with Crippen LogP contribution < -0.4 is 5.32 Å². The van der Waals surface area contributed by atoms with Crippen LogP contribution in [0.2, 0.25) is 0 Å². The predicted octanol–water partition coefficient (Wildman–Crippen LogP) is 1.37. The van der Waals surface area contributed by atoms with Crippen molar-refractivity contribution in [3.63, 3.8) is 0 Å². The molecule has 0 aliphatic carbocycles. The highest BCUT2D eigenvalue weighted by molar-refractivity contribution is 8.00. The molecule has 2 aliphatic heterocycles. The number of hydrogen-bond acceptors (Lipinski definition) is 2. The van der Waals surface area contributed by atoms with E-state index in [1.165, 1.54) is 6.07 Å². The first-order chi connectivity index (χ1) is 9.75. The second kappa shape index (κ2) is 6.14. The molecule has 1 aromatic rings. The van der Waals surface area contributed by atoms with Gasteiger partial charge in [-0.2, -0.15) is 0 Å². The van der Waals surface area contributed by atoms with Gasteiger partial charge in [-0.3, -0.25) is 4.79 Å². The quantitative estimate of drug-likeness (QED) is 0.914. The minimum Gasteiger partial charge on any atom is -0.346 e. The Balaban J connectivity index is 1.76. The van der Waals surface area contributed by atoms with Crippen molar-refractivity contribution in [2.75, 3.05) is 25.4 Å². The van der Waals surface area contributed by atoms with Crippen molar-refractivity contribution in [3.05, 3.63) is 35.6 Å². The van der Waals surface area contributed by atoms with Crippen molar-refractivity contribution in [1.29, 1.82) is 0 Å². The summed E-state index contributed by atoms with van der Waals surface area (Å²) in [5, 5.41) is 2.18. The van der Waals surface area contributed by atoms with Crippen LogP contribution in [0.3, 0.4) is 0 Å². The summed E-state index contributed by atoms with van der Waals surface area (Å²) in [7, 11) is 0. The number of piperidine rings is 1. The third-order valence-corrected chi connectivity index (χ3v) is 5.39. The molecular formula is C15H20FN2OS+. The number of carbonyl (C=O) groups is 1. The zero-order chi connectivity index (χ0) is 13.9. The minimum absolute atomic E-state index is 0.144. The molecule has 3 rings (SSSR count). The Labute approximate surface area is 122 Å². The maximum Gasteiger partial charge on any atom is 0.233 e. The molecule has 1 atom stereocenters. The second-order valence-corrected chi connectivity index (χ2v) is 6.61. The molecule has 0 saturated carbocycles. The summed E-state index contributed by atoms with van der Waals surface area (Å²) in [5.41, 5.74) is 0.644. The van der Waals surface area contributed by atoms with E-state index < -0.39 is 0 Å². The molecule has 108 valence electrons. The third kappa shape index (κ3) is 2.83. The summed E-state index contributed by atoms with van der Waals surface area (Å²) in [5.74, 6) is 0.981. The fourth-order valence-corrected chi connectivity index (χ4v) is 4.26. The Kier molecular flexibility index (Phi) is 4.27. The zero-order valence-corrected chi connectivity index (χ0v) is 12.2. The topological polar surface area (TPSA) is 36.9 Å². The van der Waals surface area contributed by atoms with Crippen LogP contribution in [0.4, 0.5) is 4.39 Å². The molecule has 1 amide bonds. The average Bonchev–Trinajstić information content (AvgIpc) is 2.82. The summed E-state index contributed by atoms with van der Waals surface area (Å²) in [6, 6.07) is 6.82. The van der Waals surface area contributed by atoms with Gasteiger partial charge in [0.1, 0.15) is 11.2 Å². The van der Waals surface area contributed by atoms with E-state index in [9.17, 15) is 9.18 Å². The van der Waals surface area contributed by atoms with E-state index in [-0.39, 0.29) is 17.1 Å². The Bertz CT molecular complexity index is 491. The third-order valence-electron chi connectivity index (χ3n) is 4.15. The Morgan fingerprint density at radius 3 is 2.80 bits per heavy atom. The highest BCUT2D eigenvalue weighted by Crippen LogP contribution is 2.40. The average molecular weight is 295 g/mol. The molecule has 3 nitrogen and oxygen atoms in total. The van der Waals surface area contributed by atoms with E-state index in [0.717, 1.165) is 32.5 Å². The first-order valence-electron chi connectivity index (χ1n) is 7.23. The molecule has 0 spiro atoms. The van der Waals surface area contributed by atoms with Crippen molar-refractivity contribution in [1.82, 2.24) is 4.90 Å². The summed E-state index contributed by atoms with van der Waals surface area (Å²) in [4.78, 5) is 14.0. The molecule has 5 heteroatoms. The fourth-order valence-electron chi connectivity index (χ4n) is 3.04. The van der Waals surface area contributed by atoms with Crippen LogP contribution in [-0.2, 0) is 4.79 Å². The number of carbonyl (C=O) groups excluding carboxylic acids is 1. The van der Waals surface area contributed by atoms with Crippen LogP contribution in [0.15, 0.2) is 24.3 Å². The van der Waals surface area contributed by atoms with Gasteiger partial charge >= 0.3 is 0 Å². The molecule has 1 aromatic carbocycles. The van der Waals surface area contributed by atoms with E-state index >= 15 is 0 Å². The highest BCUT2D eigenvalue weighted by atomic mass is 32.2. The first-order valence-corrected chi connectivity index (χ1v) is 8.28. The van der Waals surface area contributed by atoms with Crippen LogP contribution in [-0.4, -0.2) is 36.2 Å². The van der Waals surface area contributed by atoms with Crippen molar-refractivity contribution in [2.24, 2.45) is 5.92 Å². The van der Waals surface area contributed by atoms with Gasteiger partial charge in [-0.05, 0) is 12.0 Å². The Morgan fingerprint density at radius 1 is 1.30 bits per heavy atom. The smallest absolute Gasteiger partial charge is 0.233 e. The number of thioether (sulfide) groups is 1. The number of nitrogens with two attached hydrogens (primary N) is 1. The predicted molar refractivity (Wildman–Crippen MR) is 77.7 cm³/mol. The summed E-state index contributed by atoms with van der Waals surface area (Å²) in [6.07, 6.45) is 2.30. The van der Waals surface area contributed by atoms with Crippen molar-refractivity contribution in [2.45, 2.75) is 18.2 Å². The van der Waals surface area contributed by atoms with Crippen LogP contribution in [0.5, 0.6) is 0 Å². The monoisotopic (exact) mass is 295 g/mol. The lowest BCUT2D eigenvalue weighted by molar-refractivity contribution is -0.664. The SMILES string of the molecule is O=C1CS[C@H](c2ccccc2F)N1CC1CC[NH2+]CC1. The molecule has 0 bridgehead atoms. The maximum absolute atomic E-state index is 14.0. The number of amides is 1. The van der Waals surface area contributed by atoms with E-state index in [4.69, 9.17) is 0 Å². The highest BCUT2D eigenvalue weighted by Gasteiger charge is 2.35. The molecule has 20 heavy (non-hydrogen) atoms. The molecule has 2 fully saturated rings. The Hall–Kier alpha value is -1.07. The van der Waals surface area contributed by atoms with Crippen LogP contribution in [0.25, 0.3) is 0 Å². The van der Waals surface area contributed by atoms with Crippen molar-refractivity contribution < 1.29 is 14.5 Å². The summed E-state index contributed by atoms with van der Waals surface area (Å²) in [6.45, 7) is 3.06. The summed E-state index contributed by atoms with van der Waals surface area (Å²) >= 11 is 1.54. The molecular weight excluding hydrogens is 275 g/mol. The van der Waals surface area contributed by atoms with Crippen LogP contribution >= 0.6 is 11.8 Å². The van der Waals surface area contributed by atoms with Gasteiger partial charge < -0.3 is 10.2 Å². The second-order valence-electron chi connectivity index (χ2n) is 5.54.